The molecule has 4 aromatic rings. The minimum atomic E-state index is -4.51. The molecule has 0 spiro atoms. The second-order valence-corrected chi connectivity index (χ2v) is 8.02. The Morgan fingerprint density at radius 3 is 2.51 bits per heavy atom. The van der Waals surface area contributed by atoms with Crippen LogP contribution in [-0.2, 0) is 6.18 Å². The topological polar surface area (TPSA) is 85.2 Å². The summed E-state index contributed by atoms with van der Waals surface area (Å²) in [7, 11) is 0. The molecule has 0 fully saturated rings. The summed E-state index contributed by atoms with van der Waals surface area (Å²) in [5.74, 6) is 0.565. The lowest BCUT2D eigenvalue weighted by Gasteiger charge is -2.11. The molecule has 2 aromatic carbocycles. The summed E-state index contributed by atoms with van der Waals surface area (Å²) in [6, 6.07) is 13.6. The molecule has 2 aromatic heterocycles. The van der Waals surface area contributed by atoms with Crippen LogP contribution in [0.1, 0.15) is 29.9 Å². The zero-order valence-corrected chi connectivity index (χ0v) is 18.8. The Morgan fingerprint density at radius 2 is 1.77 bits per heavy atom. The van der Waals surface area contributed by atoms with Crippen LogP contribution in [0.5, 0.6) is 11.5 Å². The first kappa shape index (κ1) is 23.8. The summed E-state index contributed by atoms with van der Waals surface area (Å²) < 4.78 is 46.0. The molecule has 35 heavy (non-hydrogen) atoms. The first-order valence-corrected chi connectivity index (χ1v) is 10.6. The van der Waals surface area contributed by atoms with Gasteiger partial charge in [0.1, 0.15) is 17.2 Å². The van der Waals surface area contributed by atoms with E-state index in [0.29, 0.717) is 22.4 Å². The summed E-state index contributed by atoms with van der Waals surface area (Å²) in [5.41, 5.74) is -0.0692. The van der Waals surface area contributed by atoms with Crippen molar-refractivity contribution in [2.45, 2.75) is 26.1 Å². The predicted molar refractivity (Wildman–Crippen MR) is 125 cm³/mol. The highest BCUT2D eigenvalue weighted by molar-refractivity contribution is 5.99. The highest BCUT2D eigenvalue weighted by Gasteiger charge is 2.30. The molecule has 0 saturated carbocycles. The molecule has 0 bridgehead atoms. The number of ether oxygens (including phenoxy) is 1. The summed E-state index contributed by atoms with van der Waals surface area (Å²) in [6.45, 7) is 3.69. The van der Waals surface area contributed by atoms with Gasteiger partial charge in [-0.2, -0.15) is 13.2 Å². The van der Waals surface area contributed by atoms with E-state index in [2.05, 4.69) is 15.6 Å². The van der Waals surface area contributed by atoms with E-state index >= 15 is 0 Å². The number of anilines is 1. The minimum Gasteiger partial charge on any atom is -0.457 e. The summed E-state index contributed by atoms with van der Waals surface area (Å²) in [5, 5.41) is 5.92. The van der Waals surface area contributed by atoms with Crippen molar-refractivity contribution in [1.29, 1.82) is 0 Å². The Bertz CT molecular complexity index is 1400. The van der Waals surface area contributed by atoms with Crippen molar-refractivity contribution in [3.05, 3.63) is 84.3 Å². The number of amides is 2. The number of pyridine rings is 1. The number of aromatic nitrogens is 2. The third-order valence-electron chi connectivity index (χ3n) is 4.94. The van der Waals surface area contributed by atoms with Crippen LogP contribution in [0.4, 0.5) is 23.7 Å². The number of hydrogen-bond donors (Lipinski definition) is 2. The zero-order valence-electron chi connectivity index (χ0n) is 18.8. The van der Waals surface area contributed by atoms with Gasteiger partial charge in [0, 0.05) is 35.6 Å². The number of alkyl halides is 3. The van der Waals surface area contributed by atoms with E-state index in [-0.39, 0.29) is 23.3 Å². The van der Waals surface area contributed by atoms with Gasteiger partial charge in [-0.1, -0.05) is 6.07 Å². The van der Waals surface area contributed by atoms with Gasteiger partial charge in [0.15, 0.2) is 0 Å². The van der Waals surface area contributed by atoms with Crippen LogP contribution in [0.3, 0.4) is 0 Å². The smallest absolute Gasteiger partial charge is 0.416 e. The first-order chi connectivity index (χ1) is 16.6. The normalized spacial score (nSPS) is 11.5. The van der Waals surface area contributed by atoms with Crippen molar-refractivity contribution in [3.63, 3.8) is 0 Å². The maximum atomic E-state index is 12.9. The molecular formula is C25H21F3N4O3. The number of carbonyl (C=O) groups is 2. The van der Waals surface area contributed by atoms with E-state index in [1.165, 1.54) is 35.2 Å². The molecule has 0 radical (unpaired) electrons. The van der Waals surface area contributed by atoms with E-state index in [4.69, 9.17) is 4.74 Å². The number of nitrogens with one attached hydrogen (secondary N) is 2. The molecule has 0 aliphatic carbocycles. The predicted octanol–water partition coefficient (Wildman–Crippen LogP) is 6.07. The zero-order chi connectivity index (χ0) is 25.2. The summed E-state index contributed by atoms with van der Waals surface area (Å²) in [4.78, 5) is 28.9. The fourth-order valence-electron chi connectivity index (χ4n) is 3.39. The molecule has 4 rings (SSSR count). The Kier molecular flexibility index (Phi) is 6.46. The van der Waals surface area contributed by atoms with E-state index in [1.807, 2.05) is 13.8 Å². The lowest BCUT2D eigenvalue weighted by atomic mass is 10.2. The van der Waals surface area contributed by atoms with Gasteiger partial charge in [0.05, 0.1) is 11.1 Å². The fraction of sp³-hybridized carbons (Fsp3) is 0.160. The average Bonchev–Trinajstić information content (AvgIpc) is 3.22. The SMILES string of the molecule is CC(C)NC(=O)c1cc(Oc2ccc3c(ccn3C(=O)Nc3cccc(C(F)(F)F)c3)c2)ccn1. The maximum Gasteiger partial charge on any atom is 0.416 e. The van der Waals surface area contributed by atoms with Crippen LogP contribution in [0.25, 0.3) is 10.9 Å². The van der Waals surface area contributed by atoms with Gasteiger partial charge in [0.25, 0.3) is 5.91 Å². The standard InChI is InChI=1S/C25H21F3N4O3/c1-15(2)30-23(33)21-14-20(8-10-29-21)35-19-6-7-22-16(12-19)9-11-32(22)24(34)31-18-5-3-4-17(13-18)25(26,27)28/h3-15H,1-2H3,(H,30,33)(H,31,34). The van der Waals surface area contributed by atoms with Crippen LogP contribution >= 0.6 is 0 Å². The third-order valence-corrected chi connectivity index (χ3v) is 4.94. The van der Waals surface area contributed by atoms with Crippen molar-refractivity contribution in [2.24, 2.45) is 0 Å². The molecule has 0 aliphatic rings. The molecule has 2 N–H and O–H groups in total. The Balaban J connectivity index is 1.51. The van der Waals surface area contributed by atoms with Crippen molar-refractivity contribution < 1.29 is 27.5 Å². The van der Waals surface area contributed by atoms with Crippen LogP contribution in [0.2, 0.25) is 0 Å². The summed E-state index contributed by atoms with van der Waals surface area (Å²) in [6.07, 6.45) is -1.53. The van der Waals surface area contributed by atoms with Crippen LogP contribution in [0, 0.1) is 0 Å². The molecule has 180 valence electrons. The lowest BCUT2D eigenvalue weighted by molar-refractivity contribution is -0.137. The van der Waals surface area contributed by atoms with Crippen LogP contribution in [-0.4, -0.2) is 27.5 Å². The van der Waals surface area contributed by atoms with Gasteiger partial charge in [-0.15, -0.1) is 0 Å². The van der Waals surface area contributed by atoms with Crippen LogP contribution in [0.15, 0.2) is 73.1 Å². The Morgan fingerprint density at radius 1 is 1.00 bits per heavy atom. The van der Waals surface area contributed by atoms with Crippen LogP contribution < -0.4 is 15.4 Å². The maximum absolute atomic E-state index is 12.9. The Hall–Kier alpha value is -4.34. The Labute approximate surface area is 198 Å². The van der Waals surface area contributed by atoms with E-state index < -0.39 is 17.8 Å². The molecule has 0 unspecified atom stereocenters. The second kappa shape index (κ2) is 9.49. The van der Waals surface area contributed by atoms with Gasteiger partial charge in [0.2, 0.25) is 0 Å². The van der Waals surface area contributed by atoms with Gasteiger partial charge < -0.3 is 15.4 Å². The molecule has 2 heterocycles. The number of halogens is 3. The average molecular weight is 482 g/mol. The van der Waals surface area contributed by atoms with E-state index in [0.717, 1.165) is 12.1 Å². The van der Waals surface area contributed by atoms with Gasteiger partial charge >= 0.3 is 12.2 Å². The molecule has 2 amide bonds. The van der Waals surface area contributed by atoms with Crippen molar-refractivity contribution in [2.75, 3.05) is 5.32 Å². The minimum absolute atomic E-state index is 0.0293. The van der Waals surface area contributed by atoms with E-state index in [9.17, 15) is 22.8 Å². The van der Waals surface area contributed by atoms with Gasteiger partial charge in [-0.05, 0) is 62.4 Å². The number of hydrogen-bond acceptors (Lipinski definition) is 4. The summed E-state index contributed by atoms with van der Waals surface area (Å²) >= 11 is 0. The van der Waals surface area contributed by atoms with Gasteiger partial charge in [-0.3, -0.25) is 14.3 Å². The monoisotopic (exact) mass is 482 g/mol. The fourth-order valence-corrected chi connectivity index (χ4v) is 3.39. The van der Waals surface area contributed by atoms with Crippen molar-refractivity contribution in [3.8, 4) is 11.5 Å². The molecule has 7 nitrogen and oxygen atoms in total. The van der Waals surface area contributed by atoms with Crippen molar-refractivity contribution >= 4 is 28.5 Å². The highest BCUT2D eigenvalue weighted by atomic mass is 19.4. The molecule has 0 saturated heterocycles. The third kappa shape index (κ3) is 5.60. The quantitative estimate of drug-likeness (QED) is 0.362. The largest absolute Gasteiger partial charge is 0.457 e. The lowest BCUT2D eigenvalue weighted by Crippen LogP contribution is -2.30. The highest BCUT2D eigenvalue weighted by Crippen LogP contribution is 2.31. The molecule has 10 heteroatoms. The molecule has 0 atom stereocenters. The number of nitrogens with zero attached hydrogens (tertiary/aromatic N) is 2. The molecular weight excluding hydrogens is 461 g/mol. The van der Waals surface area contributed by atoms with Gasteiger partial charge in [-0.25, -0.2) is 4.79 Å². The second-order valence-electron chi connectivity index (χ2n) is 8.02. The van der Waals surface area contributed by atoms with Crippen molar-refractivity contribution in [1.82, 2.24) is 14.9 Å². The molecule has 0 aliphatic heterocycles. The first-order valence-electron chi connectivity index (χ1n) is 10.6. The number of fused-ring (bicyclic) bond motifs is 1. The number of carbonyl (C=O) groups excluding carboxylic acids is 2. The number of benzene rings is 2. The van der Waals surface area contributed by atoms with E-state index in [1.54, 1.807) is 30.3 Å². The number of rotatable bonds is 5.